The minimum atomic E-state index is -1.35. The van der Waals surface area contributed by atoms with Gasteiger partial charge in [0.25, 0.3) is 0 Å². The van der Waals surface area contributed by atoms with Gasteiger partial charge in [0, 0.05) is 22.4 Å². The number of hydrogen-bond donors (Lipinski definition) is 0. The van der Waals surface area contributed by atoms with Gasteiger partial charge in [0.05, 0.1) is 14.2 Å². The van der Waals surface area contributed by atoms with E-state index in [-0.39, 0.29) is 11.3 Å². The number of esters is 2. The summed E-state index contributed by atoms with van der Waals surface area (Å²) in [7, 11) is 2.31. The van der Waals surface area contributed by atoms with Crippen LogP contribution < -0.4 is 0 Å². The van der Waals surface area contributed by atoms with Gasteiger partial charge in [-0.15, -0.1) is 0 Å². The third-order valence-corrected chi connectivity index (χ3v) is 4.86. The molecule has 2 aromatic carbocycles. The van der Waals surface area contributed by atoms with Crippen LogP contribution in [0.5, 0.6) is 0 Å². The van der Waals surface area contributed by atoms with Crippen LogP contribution in [0.3, 0.4) is 0 Å². The summed E-state index contributed by atoms with van der Waals surface area (Å²) in [6.45, 7) is 1.60. The first-order chi connectivity index (χ1) is 13.3. The lowest BCUT2D eigenvalue weighted by molar-refractivity contribution is -0.160. The maximum atomic E-state index is 13.2. The number of ether oxygens (including phenoxy) is 2. The Kier molecular flexibility index (Phi) is 7.29. The predicted molar refractivity (Wildman–Crippen MR) is 102 cm³/mol. The highest BCUT2D eigenvalue weighted by Crippen LogP contribution is 2.36. The predicted octanol–water partition coefficient (Wildman–Crippen LogP) is 4.04. The molecule has 0 unspecified atom stereocenters. The second-order valence-electron chi connectivity index (χ2n) is 6.26. The van der Waals surface area contributed by atoms with Gasteiger partial charge >= 0.3 is 11.9 Å². The van der Waals surface area contributed by atoms with Crippen molar-refractivity contribution in [2.24, 2.45) is 11.8 Å². The Morgan fingerprint density at radius 1 is 0.893 bits per heavy atom. The number of hydrogen-bond acceptors (Lipinski definition) is 5. The third-order valence-electron chi connectivity index (χ3n) is 4.61. The van der Waals surface area contributed by atoms with E-state index in [9.17, 15) is 18.8 Å². The van der Waals surface area contributed by atoms with Crippen LogP contribution in [0, 0.1) is 17.7 Å². The minimum absolute atomic E-state index is 0.265. The van der Waals surface area contributed by atoms with E-state index in [0.29, 0.717) is 10.6 Å². The summed E-state index contributed by atoms with van der Waals surface area (Å²) >= 11 is 5.94. The molecule has 0 spiro atoms. The van der Waals surface area contributed by atoms with Crippen LogP contribution in [-0.4, -0.2) is 31.9 Å². The van der Waals surface area contributed by atoms with Crippen LogP contribution in [-0.2, 0) is 19.1 Å². The number of halogens is 2. The molecule has 0 aliphatic heterocycles. The fraction of sp³-hybridized carbons (Fsp3) is 0.286. The molecular formula is C21H20ClFO5. The molecule has 0 aromatic heterocycles. The largest absolute Gasteiger partial charge is 0.468 e. The van der Waals surface area contributed by atoms with Crippen LogP contribution >= 0.6 is 11.6 Å². The number of rotatable bonds is 7. The van der Waals surface area contributed by atoms with E-state index in [1.807, 2.05) is 0 Å². The molecule has 2 rings (SSSR count). The van der Waals surface area contributed by atoms with Crippen molar-refractivity contribution in [1.29, 1.82) is 0 Å². The molecule has 0 bridgehead atoms. The first-order valence-electron chi connectivity index (χ1n) is 8.51. The Labute approximate surface area is 167 Å². The second-order valence-corrected chi connectivity index (χ2v) is 6.70. The van der Waals surface area contributed by atoms with Crippen molar-refractivity contribution in [3.8, 4) is 0 Å². The van der Waals surface area contributed by atoms with Gasteiger partial charge < -0.3 is 9.47 Å². The number of ketones is 1. The Morgan fingerprint density at radius 3 is 1.86 bits per heavy atom. The highest BCUT2D eigenvalue weighted by molar-refractivity contribution is 6.30. The molecule has 0 aliphatic rings. The Morgan fingerprint density at radius 2 is 1.39 bits per heavy atom. The molecular weight excluding hydrogens is 387 g/mol. The lowest BCUT2D eigenvalue weighted by Crippen LogP contribution is -2.37. The first-order valence-corrected chi connectivity index (χ1v) is 8.88. The average molecular weight is 407 g/mol. The summed E-state index contributed by atoms with van der Waals surface area (Å²) in [4.78, 5) is 37.8. The van der Waals surface area contributed by atoms with Crippen molar-refractivity contribution in [2.45, 2.75) is 12.8 Å². The van der Waals surface area contributed by atoms with Crippen molar-refractivity contribution in [3.63, 3.8) is 0 Å². The number of Topliss-reactive ketones (excluding diaryl/α,β-unsaturated/α-hetero) is 1. The molecule has 2 atom stereocenters. The maximum Gasteiger partial charge on any atom is 0.320 e. The summed E-state index contributed by atoms with van der Waals surface area (Å²) in [5.41, 5.74) is 0.814. The Bertz CT molecular complexity index is 832. The van der Waals surface area contributed by atoms with Crippen molar-refractivity contribution in [1.82, 2.24) is 0 Å². The zero-order chi connectivity index (χ0) is 20.8. The molecule has 0 radical (unpaired) electrons. The fourth-order valence-electron chi connectivity index (χ4n) is 3.14. The van der Waals surface area contributed by atoms with E-state index < -0.39 is 35.5 Å². The SMILES string of the molecule is COC(=O)C(C(=O)OC)[C@@H](c1ccc(Cl)cc1)[C@@H](C)C(=O)c1ccc(F)cc1. The van der Waals surface area contributed by atoms with E-state index in [0.717, 1.165) is 14.2 Å². The van der Waals surface area contributed by atoms with Gasteiger partial charge in [-0.1, -0.05) is 30.7 Å². The van der Waals surface area contributed by atoms with E-state index in [2.05, 4.69) is 0 Å². The standard InChI is InChI=1S/C21H20ClFO5/c1-12(19(24)14-6-10-16(23)11-7-14)17(13-4-8-15(22)9-5-13)18(20(25)27-2)21(26)28-3/h4-12,17-18H,1-3H3/t12-,17-/m1/s1. The highest BCUT2D eigenvalue weighted by atomic mass is 35.5. The second kappa shape index (κ2) is 9.46. The topological polar surface area (TPSA) is 69.7 Å². The number of benzene rings is 2. The molecule has 0 saturated carbocycles. The lowest BCUT2D eigenvalue weighted by atomic mass is 9.74. The fourth-order valence-corrected chi connectivity index (χ4v) is 3.26. The van der Waals surface area contributed by atoms with Gasteiger partial charge in [-0.3, -0.25) is 14.4 Å². The van der Waals surface area contributed by atoms with Crippen molar-refractivity contribution >= 4 is 29.3 Å². The zero-order valence-corrected chi connectivity index (χ0v) is 16.4. The summed E-state index contributed by atoms with van der Waals surface area (Å²) in [6.07, 6.45) is 0. The highest BCUT2D eigenvalue weighted by Gasteiger charge is 2.43. The zero-order valence-electron chi connectivity index (χ0n) is 15.6. The molecule has 5 nitrogen and oxygen atoms in total. The van der Waals surface area contributed by atoms with Crippen LogP contribution in [0.4, 0.5) is 4.39 Å². The van der Waals surface area contributed by atoms with Crippen LogP contribution in [0.2, 0.25) is 5.02 Å². The third kappa shape index (κ3) is 4.75. The molecule has 0 fully saturated rings. The normalized spacial score (nSPS) is 12.9. The average Bonchev–Trinajstić information content (AvgIpc) is 2.71. The lowest BCUT2D eigenvalue weighted by Gasteiger charge is -2.28. The molecule has 2 aromatic rings. The monoisotopic (exact) mass is 406 g/mol. The maximum absolute atomic E-state index is 13.2. The number of methoxy groups -OCH3 is 2. The van der Waals surface area contributed by atoms with E-state index >= 15 is 0 Å². The van der Waals surface area contributed by atoms with Crippen molar-refractivity contribution in [2.75, 3.05) is 14.2 Å². The van der Waals surface area contributed by atoms with Crippen molar-refractivity contribution in [3.05, 3.63) is 70.5 Å². The molecule has 7 heteroatoms. The van der Waals surface area contributed by atoms with Crippen LogP contribution in [0.15, 0.2) is 48.5 Å². The van der Waals surface area contributed by atoms with Gasteiger partial charge in [-0.25, -0.2) is 4.39 Å². The Hall–Kier alpha value is -2.73. The first kappa shape index (κ1) is 21.6. The molecule has 0 amide bonds. The van der Waals surface area contributed by atoms with Gasteiger partial charge in [-0.2, -0.15) is 0 Å². The van der Waals surface area contributed by atoms with Gasteiger partial charge in [-0.05, 0) is 42.0 Å². The molecule has 28 heavy (non-hydrogen) atoms. The summed E-state index contributed by atoms with van der Waals surface area (Å²) in [6, 6.07) is 11.6. The van der Waals surface area contributed by atoms with Gasteiger partial charge in [0.1, 0.15) is 5.82 Å². The molecule has 0 N–H and O–H groups in total. The van der Waals surface area contributed by atoms with E-state index in [4.69, 9.17) is 21.1 Å². The van der Waals surface area contributed by atoms with E-state index in [1.54, 1.807) is 31.2 Å². The quantitative estimate of drug-likeness (QED) is 0.394. The molecule has 0 aliphatic carbocycles. The number of carbonyl (C=O) groups excluding carboxylic acids is 3. The van der Waals surface area contributed by atoms with Crippen LogP contribution in [0.25, 0.3) is 0 Å². The van der Waals surface area contributed by atoms with Crippen LogP contribution in [0.1, 0.15) is 28.8 Å². The van der Waals surface area contributed by atoms with Gasteiger partial charge in [0.15, 0.2) is 11.7 Å². The summed E-state index contributed by atoms with van der Waals surface area (Å²) in [5.74, 6) is -5.48. The minimum Gasteiger partial charge on any atom is -0.468 e. The van der Waals surface area contributed by atoms with Crippen molar-refractivity contribution < 1.29 is 28.2 Å². The number of carbonyl (C=O) groups is 3. The van der Waals surface area contributed by atoms with E-state index in [1.165, 1.54) is 24.3 Å². The molecule has 0 saturated heterocycles. The van der Waals surface area contributed by atoms with Gasteiger partial charge in [0.2, 0.25) is 0 Å². The smallest absolute Gasteiger partial charge is 0.320 e. The summed E-state index contributed by atoms with van der Waals surface area (Å²) < 4.78 is 22.8. The molecule has 0 heterocycles. The Balaban J connectivity index is 2.53. The molecule has 148 valence electrons. The summed E-state index contributed by atoms with van der Waals surface area (Å²) in [5, 5.41) is 0.465.